The van der Waals surface area contributed by atoms with Gasteiger partial charge in [-0.3, -0.25) is 0 Å². The van der Waals surface area contributed by atoms with Crippen molar-refractivity contribution in [3.8, 4) is 11.3 Å². The second-order valence-corrected chi connectivity index (χ2v) is 4.24. The maximum absolute atomic E-state index is 5.93. The molecule has 0 amide bonds. The molecule has 5 heteroatoms. The van der Waals surface area contributed by atoms with Crippen LogP contribution >= 0.6 is 23.2 Å². The van der Waals surface area contributed by atoms with Crippen LogP contribution in [0.4, 0.5) is 5.82 Å². The summed E-state index contributed by atoms with van der Waals surface area (Å²) >= 11 is 11.8. The number of rotatable bonds is 1. The van der Waals surface area contributed by atoms with Crippen molar-refractivity contribution in [3.05, 3.63) is 39.9 Å². The Hall–Kier alpha value is -1.32. The van der Waals surface area contributed by atoms with Gasteiger partial charge in [-0.05, 0) is 30.7 Å². The highest BCUT2D eigenvalue weighted by Crippen LogP contribution is 2.27. The average molecular weight is 254 g/mol. The highest BCUT2D eigenvalue weighted by molar-refractivity contribution is 6.42. The van der Waals surface area contributed by atoms with Crippen molar-refractivity contribution >= 4 is 29.0 Å². The Morgan fingerprint density at radius 3 is 2.44 bits per heavy atom. The van der Waals surface area contributed by atoms with E-state index < -0.39 is 0 Å². The zero-order valence-electron chi connectivity index (χ0n) is 8.54. The molecule has 0 aliphatic carbocycles. The lowest BCUT2D eigenvalue weighted by Gasteiger charge is -2.04. The van der Waals surface area contributed by atoms with Crippen LogP contribution in [0.3, 0.4) is 0 Å². The molecule has 0 spiro atoms. The van der Waals surface area contributed by atoms with E-state index in [0.29, 0.717) is 15.9 Å². The van der Waals surface area contributed by atoms with Crippen LogP contribution in [-0.2, 0) is 0 Å². The Morgan fingerprint density at radius 2 is 1.81 bits per heavy atom. The molecule has 82 valence electrons. The maximum Gasteiger partial charge on any atom is 0.149 e. The number of nitrogens with two attached hydrogens (primary N) is 1. The van der Waals surface area contributed by atoms with Crippen molar-refractivity contribution in [2.24, 2.45) is 0 Å². The number of anilines is 1. The Kier molecular flexibility index (Phi) is 2.99. The molecule has 1 heterocycles. The smallest absolute Gasteiger partial charge is 0.149 e. The number of nitrogen functional groups attached to an aromatic ring is 1. The fourth-order valence-corrected chi connectivity index (χ4v) is 1.59. The lowest BCUT2D eigenvalue weighted by Crippen LogP contribution is -1.97. The van der Waals surface area contributed by atoms with Gasteiger partial charge in [0.15, 0.2) is 0 Å². The summed E-state index contributed by atoms with van der Waals surface area (Å²) in [6, 6.07) is 7.19. The number of hydrogen-bond acceptors (Lipinski definition) is 3. The number of hydrogen-bond donors (Lipinski definition) is 1. The van der Waals surface area contributed by atoms with Gasteiger partial charge in [0.25, 0.3) is 0 Å². The third kappa shape index (κ3) is 2.10. The fourth-order valence-electron chi connectivity index (χ4n) is 1.29. The summed E-state index contributed by atoms with van der Waals surface area (Å²) in [6.07, 6.45) is 0. The van der Waals surface area contributed by atoms with Crippen molar-refractivity contribution < 1.29 is 0 Å². The van der Waals surface area contributed by atoms with Gasteiger partial charge in [0.1, 0.15) is 5.82 Å². The first-order valence-corrected chi connectivity index (χ1v) is 5.39. The summed E-state index contributed by atoms with van der Waals surface area (Å²) in [5.74, 6) is 0.434. The molecule has 0 unspecified atom stereocenters. The summed E-state index contributed by atoms with van der Waals surface area (Å²) in [5.41, 5.74) is 8.08. The van der Waals surface area contributed by atoms with Crippen LogP contribution in [0.5, 0.6) is 0 Å². The number of halogens is 2. The lowest BCUT2D eigenvalue weighted by molar-refractivity contribution is 1.03. The molecule has 0 saturated carbocycles. The number of aryl methyl sites for hydroxylation is 1. The highest BCUT2D eigenvalue weighted by atomic mass is 35.5. The molecule has 2 rings (SSSR count). The molecular formula is C11H9Cl2N3. The normalized spacial score (nSPS) is 10.4. The van der Waals surface area contributed by atoms with Gasteiger partial charge in [-0.15, -0.1) is 10.2 Å². The number of aromatic nitrogens is 2. The summed E-state index contributed by atoms with van der Waals surface area (Å²) in [4.78, 5) is 0. The molecule has 1 aromatic heterocycles. The largest absolute Gasteiger partial charge is 0.382 e. The molecular weight excluding hydrogens is 245 g/mol. The van der Waals surface area contributed by atoms with E-state index in [0.717, 1.165) is 16.8 Å². The second-order valence-electron chi connectivity index (χ2n) is 3.43. The topological polar surface area (TPSA) is 51.8 Å². The Balaban J connectivity index is 2.50. The van der Waals surface area contributed by atoms with E-state index in [2.05, 4.69) is 10.2 Å². The Bertz CT molecular complexity index is 491. The average Bonchev–Trinajstić information content (AvgIpc) is 2.26. The van der Waals surface area contributed by atoms with E-state index in [1.807, 2.05) is 19.1 Å². The van der Waals surface area contributed by atoms with Crippen molar-refractivity contribution in [2.75, 3.05) is 5.73 Å². The molecule has 0 aliphatic rings. The van der Waals surface area contributed by atoms with E-state index in [1.165, 1.54) is 0 Å². The molecule has 0 atom stereocenters. The van der Waals surface area contributed by atoms with Crippen molar-refractivity contribution in [1.82, 2.24) is 10.2 Å². The molecule has 0 aliphatic heterocycles. The van der Waals surface area contributed by atoms with Crippen LogP contribution in [0, 0.1) is 6.92 Å². The van der Waals surface area contributed by atoms with Gasteiger partial charge in [0.2, 0.25) is 0 Å². The third-order valence-corrected chi connectivity index (χ3v) is 2.98. The first kappa shape index (κ1) is 11.2. The van der Waals surface area contributed by atoms with Gasteiger partial charge in [0, 0.05) is 5.56 Å². The number of benzene rings is 1. The van der Waals surface area contributed by atoms with Crippen LogP contribution < -0.4 is 5.73 Å². The Morgan fingerprint density at radius 1 is 1.06 bits per heavy atom. The van der Waals surface area contributed by atoms with Gasteiger partial charge >= 0.3 is 0 Å². The predicted molar refractivity (Wildman–Crippen MR) is 66.6 cm³/mol. The van der Waals surface area contributed by atoms with Gasteiger partial charge in [-0.1, -0.05) is 29.3 Å². The van der Waals surface area contributed by atoms with Gasteiger partial charge in [-0.25, -0.2) is 0 Å². The van der Waals surface area contributed by atoms with Crippen LogP contribution in [0.2, 0.25) is 10.0 Å². The SMILES string of the molecule is Cc1cc(-c2ccc(Cl)c(Cl)c2)nnc1N. The van der Waals surface area contributed by atoms with Crippen LogP contribution in [0.1, 0.15) is 5.56 Å². The van der Waals surface area contributed by atoms with Crippen LogP contribution in [0.15, 0.2) is 24.3 Å². The monoisotopic (exact) mass is 253 g/mol. The molecule has 0 bridgehead atoms. The number of nitrogens with zero attached hydrogens (tertiary/aromatic N) is 2. The highest BCUT2D eigenvalue weighted by Gasteiger charge is 2.05. The molecule has 0 saturated heterocycles. The third-order valence-electron chi connectivity index (χ3n) is 2.24. The standard InChI is InChI=1S/C11H9Cl2N3/c1-6-4-10(15-16-11(6)14)7-2-3-8(12)9(13)5-7/h2-5H,1H3,(H2,14,16). The molecule has 1 aromatic carbocycles. The molecule has 0 radical (unpaired) electrons. The van der Waals surface area contributed by atoms with Gasteiger partial charge in [-0.2, -0.15) is 0 Å². The van der Waals surface area contributed by atoms with Gasteiger partial charge < -0.3 is 5.73 Å². The second kappa shape index (κ2) is 4.28. The van der Waals surface area contributed by atoms with E-state index in [9.17, 15) is 0 Å². The molecule has 3 nitrogen and oxygen atoms in total. The Labute approximate surface area is 103 Å². The molecule has 2 N–H and O–H groups in total. The maximum atomic E-state index is 5.93. The zero-order valence-corrected chi connectivity index (χ0v) is 10.0. The van der Waals surface area contributed by atoms with E-state index in [-0.39, 0.29) is 0 Å². The van der Waals surface area contributed by atoms with E-state index >= 15 is 0 Å². The van der Waals surface area contributed by atoms with E-state index in [1.54, 1.807) is 12.1 Å². The first-order chi connectivity index (χ1) is 7.58. The minimum atomic E-state index is 0.434. The van der Waals surface area contributed by atoms with Crippen LogP contribution in [-0.4, -0.2) is 10.2 Å². The summed E-state index contributed by atoms with van der Waals surface area (Å²) in [6.45, 7) is 1.88. The quantitative estimate of drug-likeness (QED) is 0.849. The first-order valence-electron chi connectivity index (χ1n) is 4.63. The van der Waals surface area contributed by atoms with Crippen LogP contribution in [0.25, 0.3) is 11.3 Å². The zero-order chi connectivity index (χ0) is 11.7. The van der Waals surface area contributed by atoms with E-state index in [4.69, 9.17) is 28.9 Å². The minimum Gasteiger partial charge on any atom is -0.382 e. The summed E-state index contributed by atoms with van der Waals surface area (Å²) in [7, 11) is 0. The molecule has 0 fully saturated rings. The van der Waals surface area contributed by atoms with Crippen molar-refractivity contribution in [1.29, 1.82) is 0 Å². The predicted octanol–water partition coefficient (Wildman–Crippen LogP) is 3.34. The summed E-state index contributed by atoms with van der Waals surface area (Å²) in [5, 5.41) is 8.88. The lowest BCUT2D eigenvalue weighted by atomic mass is 10.1. The van der Waals surface area contributed by atoms with Crippen molar-refractivity contribution in [3.63, 3.8) is 0 Å². The fraction of sp³-hybridized carbons (Fsp3) is 0.0909. The van der Waals surface area contributed by atoms with Crippen molar-refractivity contribution in [2.45, 2.75) is 6.92 Å². The summed E-state index contributed by atoms with van der Waals surface area (Å²) < 4.78 is 0. The molecule has 2 aromatic rings. The minimum absolute atomic E-state index is 0.434. The van der Waals surface area contributed by atoms with Gasteiger partial charge in [0.05, 0.1) is 15.7 Å². The molecule has 16 heavy (non-hydrogen) atoms.